The molecule has 0 aliphatic heterocycles. The monoisotopic (exact) mass is 238 g/mol. The fourth-order valence-electron chi connectivity index (χ4n) is 2.82. The average molecular weight is 238 g/mol. The zero-order valence-corrected chi connectivity index (χ0v) is 11.0. The highest BCUT2D eigenvalue weighted by molar-refractivity contribution is 5.86. The van der Waals surface area contributed by atoms with Crippen molar-refractivity contribution in [2.75, 3.05) is 27.2 Å². The molecule has 0 N–H and O–H groups in total. The summed E-state index contributed by atoms with van der Waals surface area (Å²) in [6.07, 6.45) is 3.43. The lowest BCUT2D eigenvalue weighted by atomic mass is 10.0. The molecule has 2 fully saturated rings. The Morgan fingerprint density at radius 1 is 1.12 bits per heavy atom. The van der Waals surface area contributed by atoms with Crippen LogP contribution in [0.1, 0.15) is 26.2 Å². The molecule has 2 atom stereocenters. The Labute approximate surface area is 103 Å². The van der Waals surface area contributed by atoms with Crippen molar-refractivity contribution in [3.63, 3.8) is 0 Å². The molecule has 2 rings (SSSR count). The first kappa shape index (κ1) is 12.4. The van der Waals surface area contributed by atoms with Gasteiger partial charge < -0.3 is 9.80 Å². The maximum atomic E-state index is 12.3. The molecule has 0 radical (unpaired) electrons. The van der Waals surface area contributed by atoms with Crippen molar-refractivity contribution in [1.82, 2.24) is 9.80 Å². The van der Waals surface area contributed by atoms with Gasteiger partial charge in [-0.15, -0.1) is 0 Å². The third kappa shape index (κ3) is 2.61. The van der Waals surface area contributed by atoms with Gasteiger partial charge in [0.15, 0.2) is 0 Å². The minimum atomic E-state index is 0.00311. The van der Waals surface area contributed by atoms with Gasteiger partial charge in [-0.2, -0.15) is 0 Å². The van der Waals surface area contributed by atoms with E-state index in [-0.39, 0.29) is 24.3 Å². The molecule has 0 aromatic rings. The van der Waals surface area contributed by atoms with E-state index < -0.39 is 0 Å². The molecule has 96 valence electrons. The number of carbonyl (C=O) groups is 2. The van der Waals surface area contributed by atoms with Crippen molar-refractivity contribution in [3.8, 4) is 0 Å². The van der Waals surface area contributed by atoms with E-state index in [4.69, 9.17) is 0 Å². The van der Waals surface area contributed by atoms with Crippen molar-refractivity contribution in [2.45, 2.75) is 26.2 Å². The maximum absolute atomic E-state index is 12.3. The quantitative estimate of drug-likeness (QED) is 0.732. The van der Waals surface area contributed by atoms with Crippen LogP contribution in [0.3, 0.4) is 0 Å². The van der Waals surface area contributed by atoms with Gasteiger partial charge in [0.1, 0.15) is 0 Å². The van der Waals surface area contributed by atoms with Gasteiger partial charge in [-0.05, 0) is 38.0 Å². The molecule has 0 bridgehead atoms. The Kier molecular flexibility index (Phi) is 3.40. The molecule has 0 aromatic carbocycles. The van der Waals surface area contributed by atoms with Crippen molar-refractivity contribution < 1.29 is 9.59 Å². The summed E-state index contributed by atoms with van der Waals surface area (Å²) in [5.74, 6) is 2.01. The van der Waals surface area contributed by atoms with Crippen LogP contribution in [0.25, 0.3) is 0 Å². The molecular weight excluding hydrogens is 216 g/mol. The lowest BCUT2D eigenvalue weighted by Crippen LogP contribution is -2.42. The Morgan fingerprint density at radius 3 is 2.18 bits per heavy atom. The van der Waals surface area contributed by atoms with Crippen molar-refractivity contribution in [1.29, 1.82) is 0 Å². The number of rotatable bonds is 4. The second kappa shape index (κ2) is 4.67. The zero-order chi connectivity index (χ0) is 12.6. The minimum Gasteiger partial charge on any atom is -0.347 e. The number of nitrogens with zero attached hydrogens (tertiary/aromatic N) is 2. The smallest absolute Gasteiger partial charge is 0.241 e. The number of likely N-dealkylation sites (N-methyl/N-ethyl adjacent to an activating group) is 2. The summed E-state index contributed by atoms with van der Waals surface area (Å²) in [4.78, 5) is 27.1. The van der Waals surface area contributed by atoms with E-state index in [1.165, 1.54) is 6.42 Å². The fourth-order valence-corrected chi connectivity index (χ4v) is 2.82. The third-order valence-electron chi connectivity index (χ3n) is 4.11. The van der Waals surface area contributed by atoms with E-state index in [1.807, 2.05) is 6.92 Å². The maximum Gasteiger partial charge on any atom is 0.241 e. The zero-order valence-electron chi connectivity index (χ0n) is 11.0. The average Bonchev–Trinajstić information content (AvgIpc) is 2.91. The van der Waals surface area contributed by atoms with Gasteiger partial charge in [-0.1, -0.05) is 0 Å². The van der Waals surface area contributed by atoms with E-state index in [0.29, 0.717) is 6.54 Å². The SMILES string of the molecule is CCN(CC(=O)N(C)C)C(=O)C1CC2CC2C1. The van der Waals surface area contributed by atoms with Gasteiger partial charge in [0.05, 0.1) is 6.54 Å². The van der Waals surface area contributed by atoms with Crippen LogP contribution in [0.2, 0.25) is 0 Å². The molecular formula is C13H22N2O2. The number of amides is 2. The van der Waals surface area contributed by atoms with E-state index in [1.54, 1.807) is 23.9 Å². The molecule has 0 saturated heterocycles. The van der Waals surface area contributed by atoms with E-state index in [9.17, 15) is 9.59 Å². The number of hydrogen-bond acceptors (Lipinski definition) is 2. The molecule has 2 saturated carbocycles. The van der Waals surface area contributed by atoms with Gasteiger partial charge in [0, 0.05) is 26.6 Å². The molecule has 0 spiro atoms. The highest BCUT2D eigenvalue weighted by Gasteiger charge is 2.48. The van der Waals surface area contributed by atoms with Crippen LogP contribution >= 0.6 is 0 Å². The predicted molar refractivity (Wildman–Crippen MR) is 65.3 cm³/mol. The number of carbonyl (C=O) groups excluding carboxylic acids is 2. The van der Waals surface area contributed by atoms with E-state index in [0.717, 1.165) is 24.7 Å². The number of hydrogen-bond donors (Lipinski definition) is 0. The molecule has 4 heteroatoms. The first-order valence-electron chi connectivity index (χ1n) is 6.51. The van der Waals surface area contributed by atoms with Crippen LogP contribution in [-0.4, -0.2) is 48.8 Å². The van der Waals surface area contributed by atoms with Crippen LogP contribution in [0.5, 0.6) is 0 Å². The number of fused-ring (bicyclic) bond motifs is 1. The lowest BCUT2D eigenvalue weighted by molar-refractivity contribution is -0.141. The van der Waals surface area contributed by atoms with Gasteiger partial charge in [0.2, 0.25) is 11.8 Å². The third-order valence-corrected chi connectivity index (χ3v) is 4.11. The van der Waals surface area contributed by atoms with Gasteiger partial charge in [-0.3, -0.25) is 9.59 Å². The predicted octanol–water partition coefficient (Wildman–Crippen LogP) is 0.969. The Bertz CT molecular complexity index is 317. The van der Waals surface area contributed by atoms with Crippen molar-refractivity contribution in [2.24, 2.45) is 17.8 Å². The molecule has 4 nitrogen and oxygen atoms in total. The molecule has 2 amide bonds. The molecule has 17 heavy (non-hydrogen) atoms. The topological polar surface area (TPSA) is 40.6 Å². The van der Waals surface area contributed by atoms with Crippen molar-refractivity contribution >= 4 is 11.8 Å². The Morgan fingerprint density at radius 2 is 1.71 bits per heavy atom. The van der Waals surface area contributed by atoms with Crippen LogP contribution in [-0.2, 0) is 9.59 Å². The fraction of sp³-hybridized carbons (Fsp3) is 0.846. The highest BCUT2D eigenvalue weighted by atomic mass is 16.2. The second-order valence-corrected chi connectivity index (χ2v) is 5.56. The largest absolute Gasteiger partial charge is 0.347 e. The summed E-state index contributed by atoms with van der Waals surface area (Å²) in [6.45, 7) is 2.80. The summed E-state index contributed by atoms with van der Waals surface area (Å²) in [6, 6.07) is 0. The molecule has 2 unspecified atom stereocenters. The van der Waals surface area contributed by atoms with Gasteiger partial charge in [-0.25, -0.2) is 0 Å². The molecule has 2 aliphatic carbocycles. The van der Waals surface area contributed by atoms with Crippen LogP contribution < -0.4 is 0 Å². The standard InChI is InChI=1S/C13H22N2O2/c1-4-15(8-12(16)14(2)3)13(17)11-6-9-5-10(9)7-11/h9-11H,4-8H2,1-3H3. The Balaban J connectivity index is 1.88. The summed E-state index contributed by atoms with van der Waals surface area (Å²) < 4.78 is 0. The summed E-state index contributed by atoms with van der Waals surface area (Å²) in [5.41, 5.74) is 0. The summed E-state index contributed by atoms with van der Waals surface area (Å²) in [7, 11) is 3.46. The van der Waals surface area contributed by atoms with Crippen LogP contribution in [0.15, 0.2) is 0 Å². The Hall–Kier alpha value is -1.06. The van der Waals surface area contributed by atoms with E-state index in [2.05, 4.69) is 0 Å². The molecule has 0 aromatic heterocycles. The lowest BCUT2D eigenvalue weighted by Gasteiger charge is -2.25. The van der Waals surface area contributed by atoms with Crippen molar-refractivity contribution in [3.05, 3.63) is 0 Å². The highest BCUT2D eigenvalue weighted by Crippen LogP contribution is 2.54. The minimum absolute atomic E-state index is 0.00311. The normalized spacial score (nSPS) is 29.7. The van der Waals surface area contributed by atoms with Gasteiger partial charge in [0.25, 0.3) is 0 Å². The summed E-state index contributed by atoms with van der Waals surface area (Å²) >= 11 is 0. The van der Waals surface area contributed by atoms with Crippen LogP contribution in [0.4, 0.5) is 0 Å². The molecule has 2 aliphatic rings. The first-order valence-corrected chi connectivity index (χ1v) is 6.51. The van der Waals surface area contributed by atoms with Crippen LogP contribution in [0, 0.1) is 17.8 Å². The first-order chi connectivity index (χ1) is 8.02. The second-order valence-electron chi connectivity index (χ2n) is 5.56. The molecule has 0 heterocycles. The summed E-state index contributed by atoms with van der Waals surface area (Å²) in [5, 5.41) is 0. The van der Waals surface area contributed by atoms with Gasteiger partial charge >= 0.3 is 0 Å². The van der Waals surface area contributed by atoms with E-state index >= 15 is 0 Å².